The van der Waals surface area contributed by atoms with Gasteiger partial charge < -0.3 is 14.8 Å². The van der Waals surface area contributed by atoms with Crippen LogP contribution in [0.15, 0.2) is 54.7 Å². The molecular formula is C17H16N2O2. The standard InChI is InChI=1S/C17H16N2O2/c1-20-15-10-12-8-9-18-17(14(12)11-16(15)21-2)19-13-6-4-3-5-7-13/h3-11H,1-2H3,(H,18,19). The lowest BCUT2D eigenvalue weighted by Gasteiger charge is -2.12. The first-order chi connectivity index (χ1) is 10.3. The van der Waals surface area contributed by atoms with Gasteiger partial charge in [-0.05, 0) is 35.7 Å². The van der Waals surface area contributed by atoms with Crippen molar-refractivity contribution in [3.05, 3.63) is 54.7 Å². The van der Waals surface area contributed by atoms with E-state index in [-0.39, 0.29) is 0 Å². The maximum Gasteiger partial charge on any atom is 0.161 e. The van der Waals surface area contributed by atoms with Gasteiger partial charge in [0.05, 0.1) is 14.2 Å². The Balaban J connectivity index is 2.10. The molecule has 3 aromatic rings. The molecule has 0 unspecified atom stereocenters. The van der Waals surface area contributed by atoms with Crippen molar-refractivity contribution in [2.24, 2.45) is 0 Å². The Hall–Kier alpha value is -2.75. The maximum absolute atomic E-state index is 5.37. The fourth-order valence-electron chi connectivity index (χ4n) is 2.26. The van der Waals surface area contributed by atoms with E-state index in [1.807, 2.05) is 48.5 Å². The number of rotatable bonds is 4. The summed E-state index contributed by atoms with van der Waals surface area (Å²) in [5.41, 5.74) is 0.993. The summed E-state index contributed by atoms with van der Waals surface area (Å²) in [6, 6.07) is 15.8. The molecule has 0 aliphatic rings. The van der Waals surface area contributed by atoms with Gasteiger partial charge in [-0.25, -0.2) is 4.98 Å². The number of methoxy groups -OCH3 is 2. The molecule has 1 aromatic heterocycles. The van der Waals surface area contributed by atoms with E-state index < -0.39 is 0 Å². The highest BCUT2D eigenvalue weighted by molar-refractivity contribution is 5.95. The topological polar surface area (TPSA) is 43.4 Å². The van der Waals surface area contributed by atoms with Crippen molar-refractivity contribution in [2.75, 3.05) is 19.5 Å². The van der Waals surface area contributed by atoms with Gasteiger partial charge in [0, 0.05) is 17.3 Å². The first-order valence-electron chi connectivity index (χ1n) is 6.64. The first kappa shape index (κ1) is 13.2. The lowest BCUT2D eigenvalue weighted by molar-refractivity contribution is 0.356. The zero-order valence-corrected chi connectivity index (χ0v) is 12.0. The lowest BCUT2D eigenvalue weighted by Crippen LogP contribution is -1.96. The van der Waals surface area contributed by atoms with E-state index in [9.17, 15) is 0 Å². The fourth-order valence-corrected chi connectivity index (χ4v) is 2.26. The number of fused-ring (bicyclic) bond motifs is 1. The van der Waals surface area contributed by atoms with Gasteiger partial charge in [-0.1, -0.05) is 18.2 Å². The zero-order chi connectivity index (χ0) is 14.7. The molecule has 0 bridgehead atoms. The number of nitrogens with zero attached hydrogens (tertiary/aromatic N) is 1. The summed E-state index contributed by atoms with van der Waals surface area (Å²) in [6.45, 7) is 0. The third-order valence-electron chi connectivity index (χ3n) is 3.31. The second-order valence-corrected chi connectivity index (χ2v) is 4.58. The van der Waals surface area contributed by atoms with Crippen molar-refractivity contribution in [3.63, 3.8) is 0 Å². The molecule has 1 heterocycles. The minimum Gasteiger partial charge on any atom is -0.493 e. The summed E-state index contributed by atoms with van der Waals surface area (Å²) < 4.78 is 10.7. The van der Waals surface area contributed by atoms with E-state index >= 15 is 0 Å². The molecule has 3 rings (SSSR count). The molecule has 0 aliphatic carbocycles. The number of ether oxygens (including phenoxy) is 2. The Labute approximate surface area is 123 Å². The van der Waals surface area contributed by atoms with E-state index in [1.54, 1.807) is 20.4 Å². The summed E-state index contributed by atoms with van der Waals surface area (Å²) in [4.78, 5) is 4.43. The van der Waals surface area contributed by atoms with E-state index in [4.69, 9.17) is 9.47 Å². The van der Waals surface area contributed by atoms with Crippen LogP contribution in [0.25, 0.3) is 10.8 Å². The molecule has 0 saturated carbocycles. The van der Waals surface area contributed by atoms with Crippen LogP contribution >= 0.6 is 0 Å². The van der Waals surface area contributed by atoms with E-state index in [1.165, 1.54) is 0 Å². The zero-order valence-electron chi connectivity index (χ0n) is 12.0. The molecule has 4 nitrogen and oxygen atoms in total. The Morgan fingerprint density at radius 2 is 1.62 bits per heavy atom. The van der Waals surface area contributed by atoms with E-state index in [0.29, 0.717) is 11.5 Å². The second-order valence-electron chi connectivity index (χ2n) is 4.58. The number of benzene rings is 2. The minimum absolute atomic E-state index is 0.689. The van der Waals surface area contributed by atoms with Gasteiger partial charge in [0.1, 0.15) is 5.82 Å². The molecule has 0 fully saturated rings. The van der Waals surface area contributed by atoms with Crippen molar-refractivity contribution >= 4 is 22.3 Å². The van der Waals surface area contributed by atoms with E-state index in [0.717, 1.165) is 22.3 Å². The average Bonchev–Trinajstić information content (AvgIpc) is 2.55. The van der Waals surface area contributed by atoms with Crippen LogP contribution in [-0.2, 0) is 0 Å². The molecule has 0 saturated heterocycles. The summed E-state index contributed by atoms with van der Waals surface area (Å²) >= 11 is 0. The number of para-hydroxylation sites is 1. The van der Waals surface area contributed by atoms with Crippen LogP contribution in [0.1, 0.15) is 0 Å². The minimum atomic E-state index is 0.689. The van der Waals surface area contributed by atoms with E-state index in [2.05, 4.69) is 10.3 Å². The molecule has 1 N–H and O–H groups in total. The van der Waals surface area contributed by atoms with Gasteiger partial charge in [0.25, 0.3) is 0 Å². The molecule has 0 spiro atoms. The third kappa shape index (κ3) is 2.60. The second kappa shape index (κ2) is 5.71. The van der Waals surface area contributed by atoms with Gasteiger partial charge in [-0.3, -0.25) is 0 Å². The van der Waals surface area contributed by atoms with Crippen molar-refractivity contribution in [2.45, 2.75) is 0 Å². The number of pyridine rings is 1. The molecule has 2 aromatic carbocycles. The fraction of sp³-hybridized carbons (Fsp3) is 0.118. The SMILES string of the molecule is COc1cc2ccnc(Nc3ccccc3)c2cc1OC. The maximum atomic E-state index is 5.37. The highest BCUT2D eigenvalue weighted by atomic mass is 16.5. The van der Waals surface area contributed by atoms with Gasteiger partial charge in [0.15, 0.2) is 11.5 Å². The van der Waals surface area contributed by atoms with Crippen LogP contribution in [0.4, 0.5) is 11.5 Å². The summed E-state index contributed by atoms with van der Waals surface area (Å²) in [5.74, 6) is 2.19. The van der Waals surface area contributed by atoms with Crippen LogP contribution < -0.4 is 14.8 Å². The number of nitrogens with one attached hydrogen (secondary N) is 1. The van der Waals surface area contributed by atoms with Crippen LogP contribution in [0, 0.1) is 0 Å². The Morgan fingerprint density at radius 3 is 2.33 bits per heavy atom. The first-order valence-corrected chi connectivity index (χ1v) is 6.64. The lowest BCUT2D eigenvalue weighted by atomic mass is 10.1. The van der Waals surface area contributed by atoms with Gasteiger partial charge in [0.2, 0.25) is 0 Å². The Kier molecular flexibility index (Phi) is 3.60. The highest BCUT2D eigenvalue weighted by Crippen LogP contribution is 2.35. The largest absolute Gasteiger partial charge is 0.493 e. The molecule has 4 heteroatoms. The summed E-state index contributed by atoms with van der Waals surface area (Å²) in [7, 11) is 3.26. The normalized spacial score (nSPS) is 10.4. The molecular weight excluding hydrogens is 264 g/mol. The number of anilines is 2. The average molecular weight is 280 g/mol. The van der Waals surface area contributed by atoms with Crippen LogP contribution in [-0.4, -0.2) is 19.2 Å². The quantitative estimate of drug-likeness (QED) is 0.784. The van der Waals surface area contributed by atoms with Crippen LogP contribution in [0.5, 0.6) is 11.5 Å². The van der Waals surface area contributed by atoms with Crippen LogP contribution in [0.2, 0.25) is 0 Å². The molecule has 21 heavy (non-hydrogen) atoms. The molecule has 0 atom stereocenters. The van der Waals surface area contributed by atoms with Crippen molar-refractivity contribution in [3.8, 4) is 11.5 Å². The van der Waals surface area contributed by atoms with Crippen molar-refractivity contribution < 1.29 is 9.47 Å². The number of hydrogen-bond donors (Lipinski definition) is 1. The molecule has 0 radical (unpaired) electrons. The Bertz CT molecular complexity index is 757. The highest BCUT2D eigenvalue weighted by Gasteiger charge is 2.09. The number of aromatic nitrogens is 1. The van der Waals surface area contributed by atoms with Crippen molar-refractivity contribution in [1.29, 1.82) is 0 Å². The Morgan fingerprint density at radius 1 is 0.905 bits per heavy atom. The smallest absolute Gasteiger partial charge is 0.161 e. The third-order valence-corrected chi connectivity index (χ3v) is 3.31. The monoisotopic (exact) mass is 280 g/mol. The molecule has 0 amide bonds. The molecule has 0 aliphatic heterocycles. The predicted octanol–water partition coefficient (Wildman–Crippen LogP) is 4.00. The van der Waals surface area contributed by atoms with Crippen molar-refractivity contribution in [1.82, 2.24) is 4.98 Å². The predicted molar refractivity (Wildman–Crippen MR) is 84.6 cm³/mol. The van der Waals surface area contributed by atoms with Gasteiger partial charge in [-0.2, -0.15) is 0 Å². The summed E-state index contributed by atoms with van der Waals surface area (Å²) in [5, 5.41) is 5.36. The number of hydrogen-bond acceptors (Lipinski definition) is 4. The summed E-state index contributed by atoms with van der Waals surface area (Å²) in [6.07, 6.45) is 1.78. The van der Waals surface area contributed by atoms with Gasteiger partial charge >= 0.3 is 0 Å². The van der Waals surface area contributed by atoms with Crippen LogP contribution in [0.3, 0.4) is 0 Å². The van der Waals surface area contributed by atoms with Gasteiger partial charge in [-0.15, -0.1) is 0 Å². The molecule has 106 valence electrons.